The van der Waals surface area contributed by atoms with E-state index < -0.39 is 11.9 Å². The molecule has 11 heteroatoms. The first-order valence-corrected chi connectivity index (χ1v) is 6.92. The first-order valence-electron chi connectivity index (χ1n) is 4.11. The predicted molar refractivity (Wildman–Crippen MR) is 62.2 cm³/mol. The normalized spacial score (nSPS) is 7.37. The number of hydrogen-bond acceptors (Lipinski definition) is 6. The molecule has 9 nitrogen and oxygen atoms in total. The van der Waals surface area contributed by atoms with Crippen LogP contribution in [-0.2, 0) is 34.8 Å². The van der Waals surface area contributed by atoms with Crippen LogP contribution >= 0.6 is 9.42 Å². The zero-order chi connectivity index (χ0) is 15.7. The molecule has 1 rings (SSSR count). The number of halogens is 1. The second kappa shape index (κ2) is 18.9. The Morgan fingerprint density at radius 3 is 2.16 bits per heavy atom. The molecule has 0 aliphatic rings. The molecule has 0 bridgehead atoms. The summed E-state index contributed by atoms with van der Waals surface area (Å²) in [6, 6.07) is 0. The third-order valence-electron chi connectivity index (χ3n) is 1.09. The van der Waals surface area contributed by atoms with Crippen LogP contribution in [0.3, 0.4) is 0 Å². The molecular weight excluding hydrogens is 465 g/mol. The summed E-state index contributed by atoms with van der Waals surface area (Å²) in [6.45, 7) is 3.58. The molecule has 1 aromatic rings. The van der Waals surface area contributed by atoms with Crippen molar-refractivity contribution in [1.29, 1.82) is 0 Å². The number of imidazole rings is 1. The summed E-state index contributed by atoms with van der Waals surface area (Å²) in [5, 5.41) is 23.8. The van der Waals surface area contributed by atoms with Crippen molar-refractivity contribution in [1.82, 2.24) is 9.97 Å². The Hall–Kier alpha value is -1.47. The van der Waals surface area contributed by atoms with Crippen molar-refractivity contribution in [2.45, 2.75) is 6.42 Å². The molecule has 0 amide bonds. The number of H-pyrrole nitrogens is 1. The van der Waals surface area contributed by atoms with Gasteiger partial charge in [0, 0.05) is 6.20 Å². The van der Waals surface area contributed by atoms with Gasteiger partial charge in [-0.05, 0) is 6.42 Å². The molecule has 1 heterocycles. The van der Waals surface area contributed by atoms with Gasteiger partial charge in [0.25, 0.3) is 0 Å². The summed E-state index contributed by atoms with van der Waals surface area (Å²) in [4.78, 5) is 33.0. The Balaban J connectivity index is -0.000000207. The molecule has 0 fully saturated rings. The van der Waals surface area contributed by atoms with Gasteiger partial charge in [-0.1, -0.05) is 0 Å². The average molecular weight is 475 g/mol. The van der Waals surface area contributed by atoms with Crippen LogP contribution in [-0.4, -0.2) is 32.1 Å². The van der Waals surface area contributed by atoms with Crippen LogP contribution in [0.15, 0.2) is 17.9 Å². The van der Waals surface area contributed by atoms with E-state index in [0.717, 1.165) is 17.5 Å². The van der Waals surface area contributed by atoms with Gasteiger partial charge in [0.2, 0.25) is 0 Å². The van der Waals surface area contributed by atoms with Crippen LogP contribution in [0.5, 0.6) is 0 Å². The number of nitrogens with zero attached hydrogens (tertiary/aromatic N) is 2. The van der Waals surface area contributed by atoms with Gasteiger partial charge in [0.05, 0.1) is 12.0 Å². The number of nitrogens with one attached hydrogen (secondary N) is 1. The number of hydrogen-bond donors (Lipinski definition) is 3. The monoisotopic (exact) mass is 474 g/mol. The number of rotatable bonds is 2. The molecule has 1 aromatic heterocycles. The summed E-state index contributed by atoms with van der Waals surface area (Å²) in [6.07, 6.45) is 6.21. The third-order valence-corrected chi connectivity index (χ3v) is 1.09. The maximum atomic E-state index is 9.10. The molecular formula is C8H10ClN3O6Pt-. The molecule has 111 valence electrons. The Bertz CT molecular complexity index is 323. The molecule has 3 N–H and O–H groups in total. The second-order valence-electron chi connectivity index (χ2n) is 2.24. The fraction of sp³-hybridized carbons (Fsp3) is 0.125. The molecule has 1 radical (unpaired) electrons. The summed E-state index contributed by atoms with van der Waals surface area (Å²) in [7, 11) is 4.61. The van der Waals surface area contributed by atoms with E-state index in [4.69, 9.17) is 29.9 Å². The topological polar surface area (TPSA) is 156 Å². The van der Waals surface area contributed by atoms with Gasteiger partial charge in [-0.2, -0.15) is 6.42 Å². The molecule has 0 unspecified atom stereocenters. The summed E-state index contributed by atoms with van der Waals surface area (Å²) >= 11 is 1.61. The van der Waals surface area contributed by atoms with Crippen LogP contribution in [0.2, 0.25) is 0 Å². The molecule has 0 aliphatic carbocycles. The van der Waals surface area contributed by atoms with Crippen LogP contribution < -0.4 is 0 Å². The maximum absolute atomic E-state index is 9.10. The number of carbonyl (C=O) groups is 2. The third kappa shape index (κ3) is 22.2. The van der Waals surface area contributed by atoms with Crippen molar-refractivity contribution in [3.05, 3.63) is 41.7 Å². The minimum atomic E-state index is -1.82. The van der Waals surface area contributed by atoms with Crippen LogP contribution in [0.25, 0.3) is 0 Å². The molecule has 0 atom stereocenters. The van der Waals surface area contributed by atoms with E-state index in [2.05, 4.69) is 26.3 Å². The molecule has 0 spiro atoms. The van der Waals surface area contributed by atoms with Gasteiger partial charge >= 0.3 is 40.1 Å². The predicted octanol–water partition coefficient (Wildman–Crippen LogP) is 1.08. The van der Waals surface area contributed by atoms with E-state index in [1.165, 1.54) is 0 Å². The number of carboxylic acid groups (broad SMARTS) is 2. The first-order chi connectivity index (χ1) is 8.99. The first kappa shape index (κ1) is 22.7. The van der Waals surface area contributed by atoms with Crippen LogP contribution in [0.4, 0.5) is 0 Å². The van der Waals surface area contributed by atoms with E-state index in [1.54, 1.807) is 25.1 Å². The summed E-state index contributed by atoms with van der Waals surface area (Å²) in [5.74, 6) is -3.65. The van der Waals surface area contributed by atoms with Crippen LogP contribution in [0.1, 0.15) is 5.69 Å². The minimum absolute atomic E-state index is 0.851. The Morgan fingerprint density at radius 2 is 1.95 bits per heavy atom. The number of aliphatic carboxylic acids is 2. The number of aromatic nitrogens is 2. The fourth-order valence-corrected chi connectivity index (χ4v) is 0.550. The quantitative estimate of drug-likeness (QED) is 0.251. The molecule has 19 heavy (non-hydrogen) atoms. The van der Waals surface area contributed by atoms with Gasteiger partial charge in [-0.3, -0.25) is 0 Å². The van der Waals surface area contributed by atoms with E-state index in [9.17, 15) is 0 Å². The molecule has 0 saturated carbocycles. The zero-order valence-electron chi connectivity index (χ0n) is 9.26. The summed E-state index contributed by atoms with van der Waals surface area (Å²) in [5.41, 5.74) is 1.04. The Labute approximate surface area is 123 Å². The van der Waals surface area contributed by atoms with Crippen molar-refractivity contribution in [3.63, 3.8) is 0 Å². The SMILES string of the molecule is O=C(O)C(=O)O.O=N[O-].[CH2-][CH]Cc1c[nH]cn1.[Cl][Pt+]. The van der Waals surface area contributed by atoms with E-state index >= 15 is 0 Å². The van der Waals surface area contributed by atoms with Crippen molar-refractivity contribution < 1.29 is 38.6 Å². The van der Waals surface area contributed by atoms with E-state index in [-0.39, 0.29) is 0 Å². The van der Waals surface area contributed by atoms with E-state index in [1.807, 2.05) is 12.6 Å². The van der Waals surface area contributed by atoms with Crippen molar-refractivity contribution in [2.24, 2.45) is 5.34 Å². The standard InChI is InChI=1S/C6H8N2.C2H2O4.ClH.HNO2.Pt/c1-2-3-6-4-7-5-8-6;3-1(4)2(5)6;;2-1-3;/h2,4-5H,1,3H2,(H,7,8);(H,3,4)(H,5,6);1H;(H,2,3);/q-1;;;;+2/p-2. The molecule has 0 aliphatic heterocycles. The number of carboxylic acids is 2. The van der Waals surface area contributed by atoms with Crippen molar-refractivity contribution in [2.75, 3.05) is 0 Å². The van der Waals surface area contributed by atoms with Gasteiger partial charge < -0.3 is 32.2 Å². The van der Waals surface area contributed by atoms with Crippen LogP contribution in [0, 0.1) is 23.5 Å². The van der Waals surface area contributed by atoms with Crippen molar-refractivity contribution in [3.8, 4) is 0 Å². The van der Waals surface area contributed by atoms with Gasteiger partial charge in [-0.15, -0.1) is 5.34 Å². The summed E-state index contributed by atoms with van der Waals surface area (Å²) < 4.78 is 0. The number of aromatic amines is 1. The average Bonchev–Trinajstić information content (AvgIpc) is 2.87. The fourth-order valence-electron chi connectivity index (χ4n) is 0.550. The van der Waals surface area contributed by atoms with Gasteiger partial charge in [0.1, 0.15) is 0 Å². The van der Waals surface area contributed by atoms with Gasteiger partial charge in [0.15, 0.2) is 0 Å². The second-order valence-corrected chi connectivity index (χ2v) is 2.24. The Kier molecular flexibility index (Phi) is 22.5. The Morgan fingerprint density at radius 1 is 1.53 bits per heavy atom. The zero-order valence-corrected chi connectivity index (χ0v) is 12.3. The van der Waals surface area contributed by atoms with Gasteiger partial charge in [-0.25, -0.2) is 14.6 Å². The molecule has 0 saturated heterocycles. The van der Waals surface area contributed by atoms with Crippen molar-refractivity contribution >= 4 is 21.4 Å². The van der Waals surface area contributed by atoms with E-state index in [0.29, 0.717) is 0 Å². The molecule has 0 aromatic carbocycles.